The highest BCUT2D eigenvalue weighted by molar-refractivity contribution is 6.31. The first-order valence-corrected chi connectivity index (χ1v) is 12.0. The Morgan fingerprint density at radius 3 is 2.57 bits per heavy atom. The van der Waals surface area contributed by atoms with Gasteiger partial charge in [-0.15, -0.1) is 0 Å². The first-order chi connectivity index (χ1) is 17.3. The third kappa shape index (κ3) is 5.81. The van der Waals surface area contributed by atoms with Crippen molar-refractivity contribution in [3.8, 4) is 0 Å². The van der Waals surface area contributed by atoms with Gasteiger partial charge in [-0.2, -0.15) is 13.2 Å². The zero-order valence-corrected chi connectivity index (χ0v) is 20.9. The highest BCUT2D eigenvalue weighted by Gasteiger charge is 2.45. The lowest BCUT2D eigenvalue weighted by molar-refractivity contribution is -0.137. The molecule has 2 atom stereocenters. The normalized spacial score (nSPS) is 20.7. The van der Waals surface area contributed by atoms with Crippen molar-refractivity contribution in [3.05, 3.63) is 52.4 Å². The van der Waals surface area contributed by atoms with Crippen LogP contribution in [0.4, 0.5) is 33.9 Å². The van der Waals surface area contributed by atoms with E-state index in [4.69, 9.17) is 11.6 Å². The average Bonchev–Trinajstić information content (AvgIpc) is 3.39. The number of aromatic nitrogens is 1. The van der Waals surface area contributed by atoms with Crippen molar-refractivity contribution in [2.24, 2.45) is 0 Å². The molecular weight excluding hydrogens is 518 g/mol. The Labute approximate surface area is 216 Å². The molecular formula is C24H26ClF4N5O3. The molecule has 13 heteroatoms. The van der Waals surface area contributed by atoms with Gasteiger partial charge in [0.15, 0.2) is 0 Å². The van der Waals surface area contributed by atoms with Gasteiger partial charge in [-0.1, -0.05) is 11.6 Å². The number of anilines is 2. The third-order valence-corrected chi connectivity index (χ3v) is 6.83. The number of benzene rings is 1. The molecule has 2 saturated heterocycles. The number of likely N-dealkylation sites (N-methyl/N-ethyl adjacent to an activating group) is 1. The van der Waals surface area contributed by atoms with E-state index in [2.05, 4.69) is 4.98 Å². The molecule has 2 aromatic rings. The second-order valence-electron chi connectivity index (χ2n) is 9.21. The van der Waals surface area contributed by atoms with Crippen molar-refractivity contribution in [2.75, 3.05) is 49.6 Å². The number of β-amino-alcohol motifs (C(OH)–C–C–N with tert-alkyl or cyclic N) is 1. The smallest absolute Gasteiger partial charge is 0.392 e. The lowest BCUT2D eigenvalue weighted by Gasteiger charge is -2.27. The quantitative estimate of drug-likeness (QED) is 0.564. The molecule has 2 fully saturated rings. The van der Waals surface area contributed by atoms with E-state index in [9.17, 15) is 32.3 Å². The second kappa shape index (κ2) is 10.4. The predicted molar refractivity (Wildman–Crippen MR) is 129 cm³/mol. The molecule has 8 nitrogen and oxygen atoms in total. The second-order valence-corrected chi connectivity index (χ2v) is 9.61. The SMILES string of the molecule is Cc1cc(C(F)(F)F)cc(N2C(=O)N(CCN3CC[C@H](O)C3)C[C@H]2C(=O)N(C)c2ccc(F)c(Cl)c2)n1. The molecule has 3 heterocycles. The zero-order chi connectivity index (χ0) is 27.1. The summed E-state index contributed by atoms with van der Waals surface area (Å²) in [5.74, 6) is -1.57. The van der Waals surface area contributed by atoms with Gasteiger partial charge >= 0.3 is 12.2 Å². The van der Waals surface area contributed by atoms with Crippen LogP contribution in [0, 0.1) is 12.7 Å². The van der Waals surface area contributed by atoms with E-state index >= 15 is 0 Å². The molecule has 3 amide bonds. The number of urea groups is 1. The molecule has 37 heavy (non-hydrogen) atoms. The molecule has 0 bridgehead atoms. The fourth-order valence-electron chi connectivity index (χ4n) is 4.55. The summed E-state index contributed by atoms with van der Waals surface area (Å²) in [7, 11) is 1.41. The van der Waals surface area contributed by atoms with Crippen LogP contribution in [0.3, 0.4) is 0 Å². The van der Waals surface area contributed by atoms with Gasteiger partial charge in [0.1, 0.15) is 17.7 Å². The zero-order valence-electron chi connectivity index (χ0n) is 20.2. The summed E-state index contributed by atoms with van der Waals surface area (Å²) in [4.78, 5) is 36.7. The van der Waals surface area contributed by atoms with Gasteiger partial charge in [-0.05, 0) is 43.7 Å². The monoisotopic (exact) mass is 543 g/mol. The molecule has 1 aromatic heterocycles. The maximum Gasteiger partial charge on any atom is 0.416 e. The maximum absolute atomic E-state index is 13.6. The Bertz CT molecular complexity index is 1200. The van der Waals surface area contributed by atoms with E-state index in [0.717, 1.165) is 23.1 Å². The van der Waals surface area contributed by atoms with Crippen LogP contribution in [0.5, 0.6) is 0 Å². The minimum atomic E-state index is -4.68. The number of carbonyl (C=O) groups excluding carboxylic acids is 2. The van der Waals surface area contributed by atoms with E-state index in [0.29, 0.717) is 26.1 Å². The third-order valence-electron chi connectivity index (χ3n) is 6.54. The number of likely N-dealkylation sites (tertiary alicyclic amines) is 1. The topological polar surface area (TPSA) is 80.2 Å². The Balaban J connectivity index is 1.66. The van der Waals surface area contributed by atoms with E-state index in [1.54, 1.807) is 0 Å². The van der Waals surface area contributed by atoms with Crippen molar-refractivity contribution < 1.29 is 32.3 Å². The van der Waals surface area contributed by atoms with Gasteiger partial charge in [0.05, 0.1) is 23.2 Å². The number of amides is 3. The summed E-state index contributed by atoms with van der Waals surface area (Å²) in [6, 6.07) is 3.44. The van der Waals surface area contributed by atoms with E-state index in [1.165, 1.54) is 35.9 Å². The fourth-order valence-corrected chi connectivity index (χ4v) is 4.72. The number of aliphatic hydroxyl groups excluding tert-OH is 1. The minimum absolute atomic E-state index is 0.0343. The van der Waals surface area contributed by atoms with Crippen molar-refractivity contribution in [2.45, 2.75) is 31.7 Å². The number of halogens is 5. The van der Waals surface area contributed by atoms with E-state index < -0.39 is 41.6 Å². The van der Waals surface area contributed by atoms with Gasteiger partial charge in [0.2, 0.25) is 0 Å². The summed E-state index contributed by atoms with van der Waals surface area (Å²) in [5, 5.41) is 9.55. The van der Waals surface area contributed by atoms with Crippen molar-refractivity contribution in [3.63, 3.8) is 0 Å². The van der Waals surface area contributed by atoms with Gasteiger partial charge in [-0.25, -0.2) is 14.2 Å². The lowest BCUT2D eigenvalue weighted by atomic mass is 10.1. The van der Waals surface area contributed by atoms with Gasteiger partial charge in [0.25, 0.3) is 5.91 Å². The largest absolute Gasteiger partial charge is 0.416 e. The molecule has 4 rings (SSSR count). The van der Waals surface area contributed by atoms with Crippen molar-refractivity contribution >= 4 is 35.0 Å². The number of carbonyl (C=O) groups is 2. The van der Waals surface area contributed by atoms with Crippen LogP contribution in [0.1, 0.15) is 17.7 Å². The standard InChI is InChI=1S/C24H26ClF4N5O3/c1-14-9-15(24(27,28)29)10-21(30-14)34-20(22(36)31(2)16-3-4-19(26)18(25)11-16)13-33(23(34)37)8-7-32-6-5-17(35)12-32/h3-4,9-11,17,20,35H,5-8,12-13H2,1-2H3/t17-,20-/m0/s1. The molecule has 0 spiro atoms. The van der Waals surface area contributed by atoms with E-state index in [-0.39, 0.29) is 35.3 Å². The Morgan fingerprint density at radius 2 is 1.95 bits per heavy atom. The number of nitrogens with zero attached hydrogens (tertiary/aromatic N) is 5. The summed E-state index contributed by atoms with van der Waals surface area (Å²) < 4.78 is 54.2. The summed E-state index contributed by atoms with van der Waals surface area (Å²) in [5.41, 5.74) is -0.703. The first-order valence-electron chi connectivity index (χ1n) is 11.6. The first kappa shape index (κ1) is 27.1. The van der Waals surface area contributed by atoms with Crippen LogP contribution in [0.15, 0.2) is 30.3 Å². The van der Waals surface area contributed by atoms with Crippen LogP contribution in [0.2, 0.25) is 5.02 Å². The minimum Gasteiger partial charge on any atom is -0.392 e. The van der Waals surface area contributed by atoms with Crippen molar-refractivity contribution in [1.82, 2.24) is 14.8 Å². The highest BCUT2D eigenvalue weighted by Crippen LogP contribution is 2.34. The number of alkyl halides is 3. The van der Waals surface area contributed by atoms with Crippen LogP contribution in [0.25, 0.3) is 0 Å². The lowest BCUT2D eigenvalue weighted by Crippen LogP contribution is -2.47. The van der Waals surface area contributed by atoms with Crippen LogP contribution in [-0.4, -0.2) is 83.7 Å². The van der Waals surface area contributed by atoms with Crippen LogP contribution in [-0.2, 0) is 11.0 Å². The molecule has 1 N–H and O–H groups in total. The summed E-state index contributed by atoms with van der Waals surface area (Å²) >= 11 is 5.86. The molecule has 0 unspecified atom stereocenters. The maximum atomic E-state index is 13.6. The molecule has 0 saturated carbocycles. The molecule has 2 aliphatic rings. The van der Waals surface area contributed by atoms with Gasteiger partial charge in [0, 0.05) is 44.6 Å². The summed E-state index contributed by atoms with van der Waals surface area (Å²) in [6.07, 6.45) is -4.52. The average molecular weight is 544 g/mol. The number of hydrogen-bond donors (Lipinski definition) is 1. The van der Waals surface area contributed by atoms with Gasteiger partial charge < -0.3 is 14.9 Å². The predicted octanol–water partition coefficient (Wildman–Crippen LogP) is 3.54. The number of aryl methyl sites for hydroxylation is 1. The Hall–Kier alpha value is -2.96. The molecule has 0 radical (unpaired) electrons. The fraction of sp³-hybridized carbons (Fsp3) is 0.458. The molecule has 0 aliphatic carbocycles. The Kier molecular flexibility index (Phi) is 7.63. The number of rotatable bonds is 6. The van der Waals surface area contributed by atoms with E-state index in [1.807, 2.05) is 4.90 Å². The molecule has 200 valence electrons. The number of pyridine rings is 1. The number of hydrogen-bond acceptors (Lipinski definition) is 5. The number of aliphatic hydroxyl groups is 1. The Morgan fingerprint density at radius 1 is 1.22 bits per heavy atom. The van der Waals surface area contributed by atoms with Crippen LogP contribution >= 0.6 is 11.6 Å². The van der Waals surface area contributed by atoms with Crippen molar-refractivity contribution in [1.29, 1.82) is 0 Å². The highest BCUT2D eigenvalue weighted by atomic mass is 35.5. The molecule has 1 aromatic carbocycles. The summed E-state index contributed by atoms with van der Waals surface area (Å²) in [6.45, 7) is 3.02. The van der Waals surface area contributed by atoms with Crippen LogP contribution < -0.4 is 9.80 Å². The van der Waals surface area contributed by atoms with Gasteiger partial charge in [-0.3, -0.25) is 14.6 Å². The molecule has 2 aliphatic heterocycles.